The minimum absolute atomic E-state index is 0.157. The van der Waals surface area contributed by atoms with Crippen molar-refractivity contribution in [2.45, 2.75) is 6.54 Å². The zero-order valence-electron chi connectivity index (χ0n) is 8.66. The van der Waals surface area contributed by atoms with Gasteiger partial charge in [-0.2, -0.15) is 0 Å². The van der Waals surface area contributed by atoms with Crippen LogP contribution < -0.4 is 5.56 Å². The first-order valence-corrected chi connectivity index (χ1v) is 5.93. The molecular weight excluding hydrogens is 339 g/mol. The van der Waals surface area contributed by atoms with E-state index in [1.165, 1.54) is 22.8 Å². The molecule has 88 valence electrons. The number of benzene rings is 1. The molecule has 0 aliphatic rings. The van der Waals surface area contributed by atoms with Gasteiger partial charge in [-0.05, 0) is 46.4 Å². The summed E-state index contributed by atoms with van der Waals surface area (Å²) in [6.45, 7) is 0.157. The molecule has 2 rings (SSSR count). The van der Waals surface area contributed by atoms with E-state index in [0.29, 0.717) is 5.56 Å². The van der Waals surface area contributed by atoms with Crippen LogP contribution in [0, 0.1) is 15.2 Å². The Kier molecular flexibility index (Phi) is 3.56. The van der Waals surface area contributed by atoms with Crippen LogP contribution in [0.5, 0.6) is 0 Å². The summed E-state index contributed by atoms with van der Waals surface area (Å²) in [5.41, 5.74) is 0.224. The highest BCUT2D eigenvalue weighted by Crippen LogP contribution is 2.09. The molecule has 0 saturated carbocycles. The van der Waals surface area contributed by atoms with Gasteiger partial charge < -0.3 is 4.57 Å². The van der Waals surface area contributed by atoms with Gasteiger partial charge in [-0.15, -0.1) is 0 Å². The number of rotatable bonds is 2. The van der Waals surface area contributed by atoms with Crippen molar-refractivity contribution in [3.05, 3.63) is 67.7 Å². The normalized spacial score (nSPS) is 10.5. The molecule has 0 aliphatic carbocycles. The van der Waals surface area contributed by atoms with E-state index in [9.17, 15) is 13.6 Å². The maximum atomic E-state index is 13.0. The second kappa shape index (κ2) is 4.95. The lowest BCUT2D eigenvalue weighted by Gasteiger charge is -2.06. The van der Waals surface area contributed by atoms with Crippen molar-refractivity contribution in [2.24, 2.45) is 0 Å². The molecule has 0 N–H and O–H groups in total. The Morgan fingerprint density at radius 1 is 1.12 bits per heavy atom. The summed E-state index contributed by atoms with van der Waals surface area (Å²) in [6.07, 6.45) is 1.64. The van der Waals surface area contributed by atoms with Crippen LogP contribution in [0.25, 0.3) is 0 Å². The predicted molar refractivity (Wildman–Crippen MR) is 68.9 cm³/mol. The molecule has 0 aliphatic heterocycles. The summed E-state index contributed by atoms with van der Waals surface area (Å²) in [7, 11) is 0. The molecular formula is C12H8F2INO. The third-order valence-electron chi connectivity index (χ3n) is 2.22. The van der Waals surface area contributed by atoms with E-state index in [-0.39, 0.29) is 12.1 Å². The number of pyridine rings is 1. The van der Waals surface area contributed by atoms with Gasteiger partial charge in [0.1, 0.15) is 11.6 Å². The molecule has 0 unspecified atom stereocenters. The SMILES string of the molecule is O=c1ccc(I)cn1Cc1cc(F)cc(F)c1. The van der Waals surface area contributed by atoms with Crippen LogP contribution in [0.4, 0.5) is 8.78 Å². The topological polar surface area (TPSA) is 22.0 Å². The van der Waals surface area contributed by atoms with E-state index >= 15 is 0 Å². The average Bonchev–Trinajstić information content (AvgIpc) is 2.22. The summed E-state index contributed by atoms with van der Waals surface area (Å²) < 4.78 is 28.3. The Hall–Kier alpha value is -1.24. The van der Waals surface area contributed by atoms with Crippen LogP contribution in [0.15, 0.2) is 41.3 Å². The van der Waals surface area contributed by atoms with Crippen LogP contribution in [-0.2, 0) is 6.54 Å². The van der Waals surface area contributed by atoms with Crippen LogP contribution >= 0.6 is 22.6 Å². The summed E-state index contributed by atoms with van der Waals surface area (Å²) in [5.74, 6) is -1.28. The summed E-state index contributed by atoms with van der Waals surface area (Å²) in [4.78, 5) is 11.5. The summed E-state index contributed by atoms with van der Waals surface area (Å²) in [6, 6.07) is 6.36. The largest absolute Gasteiger partial charge is 0.310 e. The van der Waals surface area contributed by atoms with Crippen LogP contribution in [-0.4, -0.2) is 4.57 Å². The van der Waals surface area contributed by atoms with Gasteiger partial charge in [-0.1, -0.05) is 0 Å². The number of nitrogens with zero attached hydrogens (tertiary/aromatic N) is 1. The van der Waals surface area contributed by atoms with Crippen molar-refractivity contribution in [1.29, 1.82) is 0 Å². The molecule has 2 aromatic rings. The first-order valence-electron chi connectivity index (χ1n) is 4.85. The van der Waals surface area contributed by atoms with Gasteiger partial charge in [-0.25, -0.2) is 8.78 Å². The third-order valence-corrected chi connectivity index (χ3v) is 2.86. The van der Waals surface area contributed by atoms with Gasteiger partial charge in [0.25, 0.3) is 5.56 Å². The fourth-order valence-corrected chi connectivity index (χ4v) is 2.04. The Morgan fingerprint density at radius 2 is 1.76 bits per heavy atom. The molecule has 17 heavy (non-hydrogen) atoms. The van der Waals surface area contributed by atoms with Gasteiger partial charge in [0.05, 0.1) is 6.54 Å². The van der Waals surface area contributed by atoms with Crippen LogP contribution in [0.2, 0.25) is 0 Å². The third kappa shape index (κ3) is 3.12. The molecule has 0 atom stereocenters. The molecule has 1 heterocycles. The number of hydrogen-bond acceptors (Lipinski definition) is 1. The monoisotopic (exact) mass is 347 g/mol. The van der Waals surface area contributed by atoms with E-state index < -0.39 is 11.6 Å². The minimum atomic E-state index is -0.640. The maximum absolute atomic E-state index is 13.0. The van der Waals surface area contributed by atoms with Crippen molar-refractivity contribution in [3.8, 4) is 0 Å². The highest BCUT2D eigenvalue weighted by molar-refractivity contribution is 14.1. The molecule has 0 amide bonds. The van der Waals surface area contributed by atoms with E-state index in [2.05, 4.69) is 22.6 Å². The van der Waals surface area contributed by atoms with Crippen LogP contribution in [0.3, 0.4) is 0 Å². The Balaban J connectivity index is 2.37. The lowest BCUT2D eigenvalue weighted by molar-refractivity contribution is 0.577. The second-order valence-electron chi connectivity index (χ2n) is 3.59. The maximum Gasteiger partial charge on any atom is 0.250 e. The number of hydrogen-bond donors (Lipinski definition) is 0. The van der Waals surface area contributed by atoms with Crippen LogP contribution in [0.1, 0.15) is 5.56 Å². The molecule has 0 fully saturated rings. The van der Waals surface area contributed by atoms with Crippen molar-refractivity contribution in [1.82, 2.24) is 4.57 Å². The smallest absolute Gasteiger partial charge is 0.250 e. The van der Waals surface area contributed by atoms with E-state index in [4.69, 9.17) is 0 Å². The van der Waals surface area contributed by atoms with E-state index in [1.54, 1.807) is 12.3 Å². The average molecular weight is 347 g/mol. The number of halogens is 3. The quantitative estimate of drug-likeness (QED) is 0.766. The van der Waals surface area contributed by atoms with Crippen molar-refractivity contribution < 1.29 is 8.78 Å². The fraction of sp³-hybridized carbons (Fsp3) is 0.0833. The molecule has 0 saturated heterocycles. The fourth-order valence-electron chi connectivity index (χ4n) is 1.52. The zero-order chi connectivity index (χ0) is 12.4. The van der Waals surface area contributed by atoms with Crippen molar-refractivity contribution in [2.75, 3.05) is 0 Å². The Bertz CT molecular complexity index is 589. The molecule has 1 aromatic heterocycles. The van der Waals surface area contributed by atoms with E-state index in [1.807, 2.05) is 0 Å². The first kappa shape index (κ1) is 12.2. The first-order chi connectivity index (χ1) is 8.04. The molecule has 1 aromatic carbocycles. The van der Waals surface area contributed by atoms with E-state index in [0.717, 1.165) is 9.64 Å². The van der Waals surface area contributed by atoms with Gasteiger partial charge in [-0.3, -0.25) is 4.79 Å². The highest BCUT2D eigenvalue weighted by atomic mass is 127. The Labute approximate surface area is 110 Å². The van der Waals surface area contributed by atoms with Crippen molar-refractivity contribution >= 4 is 22.6 Å². The van der Waals surface area contributed by atoms with Crippen molar-refractivity contribution in [3.63, 3.8) is 0 Å². The molecule has 0 bridgehead atoms. The lowest BCUT2D eigenvalue weighted by atomic mass is 10.2. The molecule has 0 spiro atoms. The molecule has 5 heteroatoms. The Morgan fingerprint density at radius 3 is 2.41 bits per heavy atom. The van der Waals surface area contributed by atoms with Gasteiger partial charge in [0, 0.05) is 21.9 Å². The molecule has 2 nitrogen and oxygen atoms in total. The summed E-state index contributed by atoms with van der Waals surface area (Å²) in [5, 5.41) is 0. The zero-order valence-corrected chi connectivity index (χ0v) is 10.8. The number of aromatic nitrogens is 1. The standard InChI is InChI=1S/C12H8F2INO/c13-9-3-8(4-10(14)5-9)6-16-7-11(15)1-2-12(16)17/h1-5,7H,6H2. The van der Waals surface area contributed by atoms with Gasteiger partial charge in [0.15, 0.2) is 0 Å². The second-order valence-corrected chi connectivity index (χ2v) is 4.84. The predicted octanol–water partition coefficient (Wildman–Crippen LogP) is 2.78. The van der Waals surface area contributed by atoms with Gasteiger partial charge in [0.2, 0.25) is 0 Å². The lowest BCUT2D eigenvalue weighted by Crippen LogP contribution is -2.19. The minimum Gasteiger partial charge on any atom is -0.310 e. The molecule has 0 radical (unpaired) electrons. The highest BCUT2D eigenvalue weighted by Gasteiger charge is 2.03. The summed E-state index contributed by atoms with van der Waals surface area (Å²) >= 11 is 2.07. The van der Waals surface area contributed by atoms with Gasteiger partial charge >= 0.3 is 0 Å².